The largest absolute Gasteiger partial charge is 0.478 e. The minimum absolute atomic E-state index is 0.263. The predicted molar refractivity (Wildman–Crippen MR) is 63.1 cm³/mol. The van der Waals surface area contributed by atoms with E-state index in [-0.39, 0.29) is 5.56 Å². The maximum Gasteiger partial charge on any atom is 0.338 e. The monoisotopic (exact) mass is 238 g/mol. The minimum Gasteiger partial charge on any atom is -0.478 e. The highest BCUT2D eigenvalue weighted by Crippen LogP contribution is 2.23. The Labute approximate surface area is 99.3 Å². The van der Waals surface area contributed by atoms with Crippen LogP contribution >= 0.6 is 0 Å². The molecule has 1 fully saturated rings. The molecule has 4 nitrogen and oxygen atoms in total. The van der Waals surface area contributed by atoms with E-state index in [9.17, 15) is 9.18 Å². The zero-order valence-corrected chi connectivity index (χ0v) is 9.69. The molecule has 2 rings (SSSR count). The van der Waals surface area contributed by atoms with Gasteiger partial charge in [0, 0.05) is 26.2 Å². The molecule has 0 radical (unpaired) electrons. The summed E-state index contributed by atoms with van der Waals surface area (Å²) in [6.45, 7) is 3.15. The van der Waals surface area contributed by atoms with E-state index in [1.54, 1.807) is 12.1 Å². The van der Waals surface area contributed by atoms with Crippen molar-refractivity contribution in [2.45, 2.75) is 0 Å². The number of halogens is 1. The number of rotatable bonds is 2. The Hall–Kier alpha value is -1.62. The summed E-state index contributed by atoms with van der Waals surface area (Å²) in [6.07, 6.45) is 0. The van der Waals surface area contributed by atoms with Gasteiger partial charge >= 0.3 is 5.97 Å². The van der Waals surface area contributed by atoms with E-state index in [1.807, 2.05) is 11.9 Å². The van der Waals surface area contributed by atoms with Crippen LogP contribution in [-0.4, -0.2) is 49.2 Å². The van der Waals surface area contributed by atoms with Crippen LogP contribution in [0.3, 0.4) is 0 Å². The zero-order chi connectivity index (χ0) is 12.4. The van der Waals surface area contributed by atoms with E-state index in [4.69, 9.17) is 5.11 Å². The highest BCUT2D eigenvalue weighted by atomic mass is 19.1. The summed E-state index contributed by atoms with van der Waals surface area (Å²) in [5.41, 5.74) is 0.124. The molecule has 1 N–H and O–H groups in total. The Balaban J connectivity index is 2.27. The van der Waals surface area contributed by atoms with E-state index < -0.39 is 11.8 Å². The van der Waals surface area contributed by atoms with Crippen molar-refractivity contribution in [2.75, 3.05) is 38.1 Å². The van der Waals surface area contributed by atoms with Crippen molar-refractivity contribution in [3.05, 3.63) is 29.6 Å². The number of carboxylic acids is 1. The van der Waals surface area contributed by atoms with E-state index >= 15 is 0 Å². The lowest BCUT2D eigenvalue weighted by molar-refractivity contribution is 0.0692. The minimum atomic E-state index is -1.22. The number of likely N-dealkylation sites (N-methyl/N-ethyl adjacent to an activating group) is 1. The predicted octanol–water partition coefficient (Wildman–Crippen LogP) is 1.28. The fourth-order valence-electron chi connectivity index (χ4n) is 1.98. The lowest BCUT2D eigenvalue weighted by Gasteiger charge is -2.34. The first-order chi connectivity index (χ1) is 8.09. The van der Waals surface area contributed by atoms with Gasteiger partial charge in [-0.2, -0.15) is 0 Å². The van der Waals surface area contributed by atoms with Gasteiger partial charge < -0.3 is 14.9 Å². The summed E-state index contributed by atoms with van der Waals surface area (Å²) < 4.78 is 14.0. The Bertz CT molecular complexity index is 429. The van der Waals surface area contributed by atoms with Crippen LogP contribution in [0, 0.1) is 5.82 Å². The van der Waals surface area contributed by atoms with Gasteiger partial charge in [0.05, 0.1) is 11.3 Å². The van der Waals surface area contributed by atoms with Crippen molar-refractivity contribution in [3.8, 4) is 0 Å². The van der Waals surface area contributed by atoms with Gasteiger partial charge in [-0.1, -0.05) is 6.07 Å². The molecular formula is C12H15FN2O2. The second kappa shape index (κ2) is 4.71. The summed E-state index contributed by atoms with van der Waals surface area (Å²) in [5, 5.41) is 8.86. The number of carbonyl (C=O) groups is 1. The van der Waals surface area contributed by atoms with Crippen LogP contribution in [0.25, 0.3) is 0 Å². The summed E-state index contributed by atoms with van der Waals surface area (Å²) >= 11 is 0. The van der Waals surface area contributed by atoms with Crippen LogP contribution in [0.4, 0.5) is 10.1 Å². The average Bonchev–Trinajstić information content (AvgIpc) is 2.30. The third-order valence-electron chi connectivity index (χ3n) is 3.05. The molecule has 1 aliphatic heterocycles. The Morgan fingerprint density at radius 3 is 2.53 bits per heavy atom. The molecule has 1 aromatic rings. The molecule has 0 unspecified atom stereocenters. The molecule has 92 valence electrons. The van der Waals surface area contributed by atoms with Crippen molar-refractivity contribution in [1.29, 1.82) is 0 Å². The number of piperazine rings is 1. The Morgan fingerprint density at radius 2 is 1.94 bits per heavy atom. The van der Waals surface area contributed by atoms with Crippen LogP contribution in [0.2, 0.25) is 0 Å². The van der Waals surface area contributed by atoms with Gasteiger partial charge in [-0.15, -0.1) is 0 Å². The highest BCUT2D eigenvalue weighted by molar-refractivity contribution is 5.89. The van der Waals surface area contributed by atoms with Crippen LogP contribution in [0.1, 0.15) is 10.4 Å². The first-order valence-corrected chi connectivity index (χ1v) is 5.55. The number of anilines is 1. The fourth-order valence-corrected chi connectivity index (χ4v) is 1.98. The molecule has 0 bridgehead atoms. The topological polar surface area (TPSA) is 43.8 Å². The molecule has 1 aromatic carbocycles. The summed E-state index contributed by atoms with van der Waals surface area (Å²) in [6, 6.07) is 4.50. The molecule has 0 aromatic heterocycles. The Morgan fingerprint density at radius 1 is 1.29 bits per heavy atom. The quantitative estimate of drug-likeness (QED) is 0.842. The molecule has 1 saturated heterocycles. The van der Waals surface area contributed by atoms with Crippen LogP contribution in [0.5, 0.6) is 0 Å². The van der Waals surface area contributed by atoms with E-state index in [1.165, 1.54) is 6.07 Å². The third kappa shape index (κ3) is 2.39. The molecule has 0 aliphatic carbocycles. The number of carboxylic acid groups (broad SMARTS) is 1. The van der Waals surface area contributed by atoms with Gasteiger partial charge in [-0.05, 0) is 19.2 Å². The molecule has 1 aliphatic rings. The number of benzene rings is 1. The van der Waals surface area contributed by atoms with Crippen LogP contribution in [0.15, 0.2) is 18.2 Å². The molecule has 0 spiro atoms. The smallest absolute Gasteiger partial charge is 0.338 e. The first kappa shape index (κ1) is 11.9. The molecule has 5 heteroatoms. The molecule has 0 atom stereocenters. The van der Waals surface area contributed by atoms with Gasteiger partial charge in [0.15, 0.2) is 5.82 Å². The maximum atomic E-state index is 14.0. The summed E-state index contributed by atoms with van der Waals surface area (Å²) in [7, 11) is 2.02. The molecule has 0 saturated carbocycles. The van der Waals surface area contributed by atoms with E-state index in [0.29, 0.717) is 5.69 Å². The summed E-state index contributed by atoms with van der Waals surface area (Å²) in [4.78, 5) is 14.9. The van der Waals surface area contributed by atoms with Crippen LogP contribution in [-0.2, 0) is 0 Å². The highest BCUT2D eigenvalue weighted by Gasteiger charge is 2.20. The van der Waals surface area contributed by atoms with Gasteiger partial charge in [0.2, 0.25) is 0 Å². The second-order valence-electron chi connectivity index (χ2n) is 4.23. The van der Waals surface area contributed by atoms with Gasteiger partial charge in [-0.25, -0.2) is 9.18 Å². The second-order valence-corrected chi connectivity index (χ2v) is 4.23. The van der Waals surface area contributed by atoms with E-state index in [0.717, 1.165) is 26.2 Å². The molecular weight excluding hydrogens is 223 g/mol. The Kier molecular flexibility index (Phi) is 3.28. The summed E-state index contributed by atoms with van der Waals surface area (Å²) in [5.74, 6) is -1.86. The lowest BCUT2D eigenvalue weighted by Crippen LogP contribution is -2.44. The maximum absolute atomic E-state index is 14.0. The zero-order valence-electron chi connectivity index (χ0n) is 9.69. The molecule has 0 amide bonds. The molecule has 1 heterocycles. The van der Waals surface area contributed by atoms with Crippen molar-refractivity contribution < 1.29 is 14.3 Å². The van der Waals surface area contributed by atoms with Crippen molar-refractivity contribution >= 4 is 11.7 Å². The first-order valence-electron chi connectivity index (χ1n) is 5.55. The lowest BCUT2D eigenvalue weighted by atomic mass is 10.1. The normalized spacial score (nSPS) is 17.2. The average molecular weight is 238 g/mol. The number of hydrogen-bond donors (Lipinski definition) is 1. The standard InChI is InChI=1S/C12H15FN2O2/c1-14-5-7-15(8-6-14)10-4-2-3-9(11(10)13)12(16)17/h2-4H,5-8H2,1H3,(H,16,17). The van der Waals surface area contributed by atoms with Crippen LogP contribution < -0.4 is 4.90 Å². The SMILES string of the molecule is CN1CCN(c2cccc(C(=O)O)c2F)CC1. The number of nitrogens with zero attached hydrogens (tertiary/aromatic N) is 2. The van der Waals surface area contributed by atoms with Crippen molar-refractivity contribution in [2.24, 2.45) is 0 Å². The van der Waals surface area contributed by atoms with Gasteiger partial charge in [-0.3, -0.25) is 0 Å². The van der Waals surface area contributed by atoms with Gasteiger partial charge in [0.1, 0.15) is 0 Å². The number of aromatic carboxylic acids is 1. The van der Waals surface area contributed by atoms with E-state index in [2.05, 4.69) is 4.90 Å². The van der Waals surface area contributed by atoms with Crippen molar-refractivity contribution in [3.63, 3.8) is 0 Å². The fraction of sp³-hybridized carbons (Fsp3) is 0.417. The number of hydrogen-bond acceptors (Lipinski definition) is 3. The molecule has 17 heavy (non-hydrogen) atoms. The van der Waals surface area contributed by atoms with Crippen molar-refractivity contribution in [1.82, 2.24) is 4.90 Å². The van der Waals surface area contributed by atoms with Gasteiger partial charge in [0.25, 0.3) is 0 Å². The third-order valence-corrected chi connectivity index (χ3v) is 3.05.